The summed E-state index contributed by atoms with van der Waals surface area (Å²) in [5.41, 5.74) is 2.32. The average Bonchev–Trinajstić information content (AvgIpc) is 3.48. The van der Waals surface area contributed by atoms with E-state index in [4.69, 9.17) is 37.9 Å². The van der Waals surface area contributed by atoms with Gasteiger partial charge in [-0.15, -0.1) is 0 Å². The van der Waals surface area contributed by atoms with Gasteiger partial charge >= 0.3 is 6.09 Å². The van der Waals surface area contributed by atoms with Crippen LogP contribution in [0.3, 0.4) is 0 Å². The quantitative estimate of drug-likeness (QED) is 0.202. The summed E-state index contributed by atoms with van der Waals surface area (Å²) in [4.78, 5) is 46.7. The molecule has 2 aromatic rings. The van der Waals surface area contributed by atoms with Gasteiger partial charge in [-0.05, 0) is 83.4 Å². The van der Waals surface area contributed by atoms with Crippen molar-refractivity contribution in [3.05, 3.63) is 47.5 Å². The number of hydrogen-bond donors (Lipinski definition) is 1. The molecule has 57 heavy (non-hydrogen) atoms. The lowest BCUT2D eigenvalue weighted by Gasteiger charge is -2.39. The number of fused-ring (bicyclic) bond motifs is 4. The van der Waals surface area contributed by atoms with E-state index in [1.807, 2.05) is 12.1 Å². The molecule has 4 atom stereocenters. The smallest absolute Gasteiger partial charge is 0.417 e. The van der Waals surface area contributed by atoms with Gasteiger partial charge in [-0.1, -0.05) is 12.2 Å². The lowest BCUT2D eigenvalue weighted by atomic mass is 10.1. The number of amides is 3. The van der Waals surface area contributed by atoms with E-state index < -0.39 is 30.3 Å². The Labute approximate surface area is 334 Å². The molecule has 3 saturated heterocycles. The summed E-state index contributed by atoms with van der Waals surface area (Å²) in [5.74, 6) is 1.56. The predicted molar refractivity (Wildman–Crippen MR) is 210 cm³/mol. The van der Waals surface area contributed by atoms with E-state index in [1.165, 1.54) is 12.0 Å². The second kappa shape index (κ2) is 17.5. The third-order valence-corrected chi connectivity index (χ3v) is 10.8. The number of ether oxygens (including phenoxy) is 8. The number of carbonyl (C=O) groups is 3. The fraction of sp³-hybridized carbons (Fsp3) is 0.595. The van der Waals surface area contributed by atoms with Crippen molar-refractivity contribution in [2.45, 2.75) is 102 Å². The predicted octanol–water partition coefficient (Wildman–Crippen LogP) is 5.88. The van der Waals surface area contributed by atoms with Crippen LogP contribution >= 0.6 is 0 Å². The number of methoxy groups -OCH3 is 2. The van der Waals surface area contributed by atoms with Gasteiger partial charge in [0.15, 0.2) is 35.5 Å². The van der Waals surface area contributed by atoms with Crippen molar-refractivity contribution in [3.8, 4) is 23.0 Å². The van der Waals surface area contributed by atoms with Gasteiger partial charge in [0.05, 0.1) is 57.9 Å². The van der Waals surface area contributed by atoms with Crippen molar-refractivity contribution >= 4 is 29.3 Å². The highest BCUT2D eigenvalue weighted by atomic mass is 16.7. The molecule has 15 heteroatoms. The summed E-state index contributed by atoms with van der Waals surface area (Å²) < 4.78 is 48.0. The zero-order chi connectivity index (χ0) is 40.3. The van der Waals surface area contributed by atoms with Crippen LogP contribution in [0.15, 0.2) is 36.4 Å². The Balaban J connectivity index is 1.04. The van der Waals surface area contributed by atoms with Crippen LogP contribution in [0.25, 0.3) is 0 Å². The van der Waals surface area contributed by atoms with Crippen LogP contribution < -0.4 is 29.2 Å². The average molecular weight is 793 g/mol. The minimum Gasteiger partial charge on any atom is -0.493 e. The van der Waals surface area contributed by atoms with Crippen LogP contribution in [0.4, 0.5) is 16.2 Å². The maximum Gasteiger partial charge on any atom is 0.417 e. The standard InChI is InChI=1S/C42H56N4O11/c1-26-18-31-40(56-37-12-8-11-16-55-37)46(41(49)57-42(2,3)4)30-22-36(34(51-6)20-28(30)39(48)45(31)23-26)54-15-10-7-9-14-53-35-21-29-27(19-33(35)50-5)24-44-13-17-52-25-32(44)38(47)43-29/h19-22,31-32,37,40H,1,7-18,23-25H2,2-6H3,(H,43,47)/t31-,32-,37?,40?/m0/s1. The van der Waals surface area contributed by atoms with Gasteiger partial charge in [0.2, 0.25) is 5.91 Å². The molecule has 0 radical (unpaired) electrons. The number of benzene rings is 2. The first-order valence-electron chi connectivity index (χ1n) is 20.0. The Bertz CT molecular complexity index is 1820. The third kappa shape index (κ3) is 9.11. The van der Waals surface area contributed by atoms with Gasteiger partial charge in [-0.2, -0.15) is 0 Å². The van der Waals surface area contributed by atoms with Crippen molar-refractivity contribution in [1.29, 1.82) is 0 Å². The lowest BCUT2D eigenvalue weighted by molar-refractivity contribution is -0.195. The van der Waals surface area contributed by atoms with E-state index in [-0.39, 0.29) is 23.4 Å². The first kappa shape index (κ1) is 40.6. The van der Waals surface area contributed by atoms with E-state index in [1.54, 1.807) is 44.9 Å². The Kier molecular flexibility index (Phi) is 12.5. The number of morpholine rings is 1. The number of anilines is 2. The third-order valence-electron chi connectivity index (χ3n) is 10.8. The molecule has 3 amide bonds. The number of nitrogens with one attached hydrogen (secondary N) is 1. The van der Waals surface area contributed by atoms with Crippen LogP contribution in [-0.2, 0) is 30.3 Å². The van der Waals surface area contributed by atoms with Crippen LogP contribution in [0.1, 0.15) is 81.6 Å². The molecular formula is C42H56N4O11. The van der Waals surface area contributed by atoms with Crippen LogP contribution in [0.5, 0.6) is 23.0 Å². The van der Waals surface area contributed by atoms with Crippen LogP contribution in [-0.4, -0.2) is 118 Å². The van der Waals surface area contributed by atoms with Crippen molar-refractivity contribution in [2.24, 2.45) is 0 Å². The number of carbonyl (C=O) groups excluding carboxylic acids is 3. The maximum atomic E-state index is 14.3. The monoisotopic (exact) mass is 792 g/mol. The highest BCUT2D eigenvalue weighted by Gasteiger charge is 2.49. The second-order valence-corrected chi connectivity index (χ2v) is 16.1. The topological polar surface area (TPSA) is 147 Å². The maximum absolute atomic E-state index is 14.3. The Morgan fingerprint density at radius 3 is 2.37 bits per heavy atom. The molecule has 5 aliphatic rings. The van der Waals surface area contributed by atoms with E-state index in [9.17, 15) is 14.4 Å². The van der Waals surface area contributed by atoms with Gasteiger partial charge < -0.3 is 48.1 Å². The first-order valence-corrected chi connectivity index (χ1v) is 20.0. The molecule has 1 N–H and O–H groups in total. The SMILES string of the molecule is C=C1C[C@H]2C(OC3CCCCO3)N(C(=O)OC(C)(C)C)c3cc(OCCCCCOc4cc5c(cc4OC)CN4CCOC[C@H]4C(=O)N5)c(OC)cc3C(=O)N2C1. The summed E-state index contributed by atoms with van der Waals surface area (Å²) in [7, 11) is 3.13. The summed E-state index contributed by atoms with van der Waals surface area (Å²) >= 11 is 0. The minimum atomic E-state index is -0.903. The van der Waals surface area contributed by atoms with Crippen molar-refractivity contribution < 1.29 is 52.3 Å². The van der Waals surface area contributed by atoms with Crippen LogP contribution in [0.2, 0.25) is 0 Å². The molecular weight excluding hydrogens is 736 g/mol. The van der Waals surface area contributed by atoms with Gasteiger partial charge in [0.25, 0.3) is 5.91 Å². The highest BCUT2D eigenvalue weighted by molar-refractivity contribution is 6.06. The molecule has 0 aromatic heterocycles. The molecule has 0 saturated carbocycles. The zero-order valence-electron chi connectivity index (χ0n) is 33.8. The van der Waals surface area contributed by atoms with Gasteiger partial charge in [-0.3, -0.25) is 14.5 Å². The molecule has 7 rings (SSSR count). The normalized spacial score (nSPS) is 23.6. The fourth-order valence-electron chi connectivity index (χ4n) is 7.97. The molecule has 0 spiro atoms. The molecule has 310 valence electrons. The summed E-state index contributed by atoms with van der Waals surface area (Å²) in [6.07, 6.45) is 3.11. The van der Waals surface area contributed by atoms with Gasteiger partial charge in [-0.25, -0.2) is 9.69 Å². The van der Waals surface area contributed by atoms with Gasteiger partial charge in [0.1, 0.15) is 11.6 Å². The summed E-state index contributed by atoms with van der Waals surface area (Å²) in [6, 6.07) is 6.24. The molecule has 3 fully saturated rings. The van der Waals surface area contributed by atoms with Gasteiger partial charge in [0, 0.05) is 44.1 Å². The number of nitrogens with zero attached hydrogens (tertiary/aromatic N) is 3. The summed E-state index contributed by atoms with van der Waals surface area (Å²) in [6.45, 7) is 13.5. The number of hydrogen-bond acceptors (Lipinski definition) is 12. The van der Waals surface area contributed by atoms with E-state index in [0.29, 0.717) is 106 Å². The molecule has 15 nitrogen and oxygen atoms in total. The molecule has 2 unspecified atom stereocenters. The van der Waals surface area contributed by atoms with Crippen LogP contribution in [0, 0.1) is 0 Å². The molecule has 0 aliphatic carbocycles. The fourth-order valence-corrected chi connectivity index (χ4v) is 7.97. The van der Waals surface area contributed by atoms with E-state index >= 15 is 0 Å². The number of unbranched alkanes of at least 4 members (excludes halogenated alkanes) is 2. The summed E-state index contributed by atoms with van der Waals surface area (Å²) in [5, 5.41) is 3.04. The van der Waals surface area contributed by atoms with E-state index in [0.717, 1.165) is 36.8 Å². The largest absolute Gasteiger partial charge is 0.493 e. The molecule has 0 bridgehead atoms. The Morgan fingerprint density at radius 1 is 0.930 bits per heavy atom. The zero-order valence-corrected chi connectivity index (χ0v) is 33.8. The lowest BCUT2D eigenvalue weighted by Crippen LogP contribution is -2.54. The highest BCUT2D eigenvalue weighted by Crippen LogP contribution is 2.44. The van der Waals surface area contributed by atoms with Crippen molar-refractivity contribution in [1.82, 2.24) is 9.80 Å². The second-order valence-electron chi connectivity index (χ2n) is 16.1. The molecule has 5 heterocycles. The molecule has 2 aromatic carbocycles. The van der Waals surface area contributed by atoms with Crippen molar-refractivity contribution in [2.75, 3.05) is 70.6 Å². The Hall–Kier alpha value is -4.57. The van der Waals surface area contributed by atoms with Crippen molar-refractivity contribution in [3.63, 3.8) is 0 Å². The first-order chi connectivity index (χ1) is 27.4. The number of rotatable bonds is 12. The van der Waals surface area contributed by atoms with E-state index in [2.05, 4.69) is 16.8 Å². The Morgan fingerprint density at radius 2 is 1.67 bits per heavy atom. The molecule has 5 aliphatic heterocycles. The minimum absolute atomic E-state index is 0.0892.